The number of rotatable bonds is 10. The Morgan fingerprint density at radius 2 is 2.25 bits per heavy atom. The Bertz CT molecular complexity index is 386. The molecule has 0 spiro atoms. The summed E-state index contributed by atoms with van der Waals surface area (Å²) < 4.78 is 11.3. The van der Waals surface area contributed by atoms with Crippen LogP contribution in [0.25, 0.3) is 0 Å². The molecule has 0 amide bonds. The van der Waals surface area contributed by atoms with Crippen LogP contribution < -0.4 is 5.32 Å². The van der Waals surface area contributed by atoms with Crippen molar-refractivity contribution in [3.05, 3.63) is 23.7 Å². The van der Waals surface area contributed by atoms with Crippen molar-refractivity contribution < 1.29 is 9.15 Å². The van der Waals surface area contributed by atoms with Crippen LogP contribution in [0.3, 0.4) is 0 Å². The van der Waals surface area contributed by atoms with E-state index in [4.69, 9.17) is 9.15 Å². The second-order valence-corrected chi connectivity index (χ2v) is 6.16. The van der Waals surface area contributed by atoms with E-state index in [9.17, 15) is 0 Å². The fourth-order valence-electron chi connectivity index (χ4n) is 2.21. The van der Waals surface area contributed by atoms with Crippen molar-refractivity contribution in [3.8, 4) is 0 Å². The maximum Gasteiger partial charge on any atom is 0.123 e. The highest BCUT2D eigenvalue weighted by molar-refractivity contribution is 5.15. The lowest BCUT2D eigenvalue weighted by molar-refractivity contribution is 0.0968. The van der Waals surface area contributed by atoms with E-state index in [1.165, 1.54) is 12.8 Å². The van der Waals surface area contributed by atoms with Gasteiger partial charge in [0.2, 0.25) is 0 Å². The van der Waals surface area contributed by atoms with Crippen molar-refractivity contribution in [2.75, 3.05) is 26.7 Å². The van der Waals surface area contributed by atoms with Crippen LogP contribution in [-0.4, -0.2) is 37.7 Å². The molecule has 2 rings (SSSR count). The summed E-state index contributed by atoms with van der Waals surface area (Å²) in [6.45, 7) is 8.65. The van der Waals surface area contributed by atoms with Gasteiger partial charge < -0.3 is 19.4 Å². The fraction of sp³-hybridized carbons (Fsp3) is 0.750. The van der Waals surface area contributed by atoms with Gasteiger partial charge >= 0.3 is 0 Å². The predicted molar refractivity (Wildman–Crippen MR) is 80.6 cm³/mol. The number of ether oxygens (including phenoxy) is 1. The molecule has 0 atom stereocenters. The molecule has 0 aromatic carbocycles. The summed E-state index contributed by atoms with van der Waals surface area (Å²) in [5.74, 6) is 1.66. The lowest BCUT2D eigenvalue weighted by Gasteiger charge is -2.15. The first kappa shape index (κ1) is 15.5. The number of furan rings is 1. The zero-order valence-corrected chi connectivity index (χ0v) is 13.0. The van der Waals surface area contributed by atoms with E-state index < -0.39 is 0 Å². The van der Waals surface area contributed by atoms with Crippen molar-refractivity contribution in [3.63, 3.8) is 0 Å². The SMILES string of the molecule is CC(C)CNCc1occc1COCCN(C)C1CC1. The zero-order valence-electron chi connectivity index (χ0n) is 13.0. The van der Waals surface area contributed by atoms with Crippen LogP contribution in [0.5, 0.6) is 0 Å². The topological polar surface area (TPSA) is 37.6 Å². The smallest absolute Gasteiger partial charge is 0.123 e. The molecule has 4 heteroatoms. The molecule has 4 nitrogen and oxygen atoms in total. The van der Waals surface area contributed by atoms with Crippen LogP contribution >= 0.6 is 0 Å². The van der Waals surface area contributed by atoms with Crippen LogP contribution in [0, 0.1) is 5.92 Å². The van der Waals surface area contributed by atoms with Crippen LogP contribution in [-0.2, 0) is 17.9 Å². The van der Waals surface area contributed by atoms with E-state index in [0.29, 0.717) is 12.5 Å². The van der Waals surface area contributed by atoms with Crippen molar-refractivity contribution in [1.29, 1.82) is 0 Å². The summed E-state index contributed by atoms with van der Waals surface area (Å²) in [5.41, 5.74) is 1.16. The molecule has 1 aliphatic carbocycles. The lowest BCUT2D eigenvalue weighted by atomic mass is 10.2. The number of hydrogen-bond donors (Lipinski definition) is 1. The average molecular weight is 280 g/mol. The van der Waals surface area contributed by atoms with Gasteiger partial charge in [-0.3, -0.25) is 0 Å². The number of hydrogen-bond acceptors (Lipinski definition) is 4. The number of nitrogens with zero attached hydrogens (tertiary/aromatic N) is 1. The zero-order chi connectivity index (χ0) is 14.4. The maximum absolute atomic E-state index is 5.77. The Morgan fingerprint density at radius 3 is 2.95 bits per heavy atom. The molecular formula is C16H28N2O2. The summed E-state index contributed by atoms with van der Waals surface area (Å²) in [6, 6.07) is 2.82. The molecule has 1 aromatic heterocycles. The average Bonchev–Trinajstić information content (AvgIpc) is 3.16. The van der Waals surface area contributed by atoms with Gasteiger partial charge in [-0.2, -0.15) is 0 Å². The molecular weight excluding hydrogens is 252 g/mol. The lowest BCUT2D eigenvalue weighted by Crippen LogP contribution is -2.25. The van der Waals surface area contributed by atoms with Gasteiger partial charge in [0.05, 0.1) is 26.0 Å². The van der Waals surface area contributed by atoms with Gasteiger partial charge in [0.1, 0.15) is 5.76 Å². The summed E-state index contributed by atoms with van der Waals surface area (Å²) in [6.07, 6.45) is 4.45. The van der Waals surface area contributed by atoms with Crippen LogP contribution in [0.15, 0.2) is 16.7 Å². The minimum Gasteiger partial charge on any atom is -0.468 e. The van der Waals surface area contributed by atoms with E-state index in [0.717, 1.165) is 43.6 Å². The van der Waals surface area contributed by atoms with Gasteiger partial charge in [-0.05, 0) is 38.4 Å². The first-order chi connectivity index (χ1) is 9.66. The Kier molecular flexibility index (Phi) is 6.07. The highest BCUT2D eigenvalue weighted by Crippen LogP contribution is 2.24. The molecule has 1 aromatic rings. The molecule has 0 radical (unpaired) electrons. The quantitative estimate of drug-likeness (QED) is 0.669. The van der Waals surface area contributed by atoms with Gasteiger partial charge in [0.15, 0.2) is 0 Å². The second-order valence-electron chi connectivity index (χ2n) is 6.16. The molecule has 1 fully saturated rings. The molecule has 1 heterocycles. The van der Waals surface area contributed by atoms with Gasteiger partial charge in [-0.1, -0.05) is 13.8 Å². The first-order valence-electron chi connectivity index (χ1n) is 7.70. The highest BCUT2D eigenvalue weighted by atomic mass is 16.5. The first-order valence-corrected chi connectivity index (χ1v) is 7.70. The maximum atomic E-state index is 5.77. The molecule has 0 saturated heterocycles. The monoisotopic (exact) mass is 280 g/mol. The molecule has 0 bridgehead atoms. The predicted octanol–water partition coefficient (Wildman–Crippen LogP) is 2.64. The van der Waals surface area contributed by atoms with Crippen molar-refractivity contribution >= 4 is 0 Å². The molecule has 114 valence electrons. The molecule has 1 aliphatic rings. The third kappa shape index (κ3) is 5.27. The third-order valence-corrected chi connectivity index (χ3v) is 3.69. The Morgan fingerprint density at radius 1 is 1.45 bits per heavy atom. The third-order valence-electron chi connectivity index (χ3n) is 3.69. The van der Waals surface area contributed by atoms with E-state index in [2.05, 4.69) is 31.1 Å². The Labute approximate surface area is 122 Å². The molecule has 0 aliphatic heterocycles. The Hall–Kier alpha value is -0.840. The van der Waals surface area contributed by atoms with Gasteiger partial charge in [-0.15, -0.1) is 0 Å². The second kappa shape index (κ2) is 7.81. The summed E-state index contributed by atoms with van der Waals surface area (Å²) in [4.78, 5) is 2.39. The Balaban J connectivity index is 1.63. The van der Waals surface area contributed by atoms with Crippen molar-refractivity contribution in [2.24, 2.45) is 5.92 Å². The highest BCUT2D eigenvalue weighted by Gasteiger charge is 2.25. The van der Waals surface area contributed by atoms with Gasteiger partial charge in [0, 0.05) is 18.2 Å². The summed E-state index contributed by atoms with van der Waals surface area (Å²) >= 11 is 0. The van der Waals surface area contributed by atoms with Crippen molar-refractivity contribution in [2.45, 2.75) is 45.9 Å². The van der Waals surface area contributed by atoms with Gasteiger partial charge in [0.25, 0.3) is 0 Å². The molecule has 0 unspecified atom stereocenters. The van der Waals surface area contributed by atoms with E-state index in [1.807, 2.05) is 6.07 Å². The fourth-order valence-corrected chi connectivity index (χ4v) is 2.21. The van der Waals surface area contributed by atoms with Crippen molar-refractivity contribution in [1.82, 2.24) is 10.2 Å². The summed E-state index contributed by atoms with van der Waals surface area (Å²) in [7, 11) is 2.18. The van der Waals surface area contributed by atoms with E-state index in [1.54, 1.807) is 6.26 Å². The number of nitrogens with one attached hydrogen (secondary N) is 1. The van der Waals surface area contributed by atoms with E-state index in [-0.39, 0.29) is 0 Å². The molecule has 1 saturated carbocycles. The van der Waals surface area contributed by atoms with Crippen LogP contribution in [0.4, 0.5) is 0 Å². The van der Waals surface area contributed by atoms with E-state index >= 15 is 0 Å². The minimum absolute atomic E-state index is 0.647. The van der Waals surface area contributed by atoms with Crippen LogP contribution in [0.2, 0.25) is 0 Å². The van der Waals surface area contributed by atoms with Gasteiger partial charge in [-0.25, -0.2) is 0 Å². The normalized spacial score (nSPS) is 15.4. The summed E-state index contributed by atoms with van der Waals surface area (Å²) in [5, 5.41) is 3.40. The number of likely N-dealkylation sites (N-methyl/N-ethyl adjacent to an activating group) is 1. The largest absolute Gasteiger partial charge is 0.468 e. The molecule has 20 heavy (non-hydrogen) atoms. The van der Waals surface area contributed by atoms with Crippen LogP contribution in [0.1, 0.15) is 38.0 Å². The standard InChI is InChI=1S/C16H28N2O2/c1-13(2)10-17-11-16-14(6-8-20-16)12-19-9-7-18(3)15-4-5-15/h6,8,13,15,17H,4-5,7,9-12H2,1-3H3. The minimum atomic E-state index is 0.647. The molecule has 1 N–H and O–H groups in total.